The first-order valence-electron chi connectivity index (χ1n) is 10.6. The number of carbonyl (C=O) groups is 1. The predicted molar refractivity (Wildman–Crippen MR) is 122 cm³/mol. The van der Waals surface area contributed by atoms with E-state index in [9.17, 15) is 9.90 Å². The van der Waals surface area contributed by atoms with E-state index in [0.29, 0.717) is 23.2 Å². The summed E-state index contributed by atoms with van der Waals surface area (Å²) >= 11 is 0. The van der Waals surface area contributed by atoms with Gasteiger partial charge in [0.1, 0.15) is 5.78 Å². The number of hydrogen-bond acceptors (Lipinski definition) is 3. The summed E-state index contributed by atoms with van der Waals surface area (Å²) in [6, 6.07) is 9.80. The van der Waals surface area contributed by atoms with E-state index < -0.39 is 20.3 Å². The number of Topliss-reactive ketones (excluding diaryl/α,β-unsaturated/α-hetero) is 1. The van der Waals surface area contributed by atoms with Crippen LogP contribution in [0.4, 0.5) is 0 Å². The number of benzene rings is 1. The molecule has 0 aliphatic heterocycles. The largest absolute Gasteiger partial charge is 0.415 e. The minimum absolute atomic E-state index is 0.0596. The normalized spacial score (nSPS) is 16.1. The summed E-state index contributed by atoms with van der Waals surface area (Å²) in [6.07, 6.45) is 2.78. The fourth-order valence-electron chi connectivity index (χ4n) is 4.41. The Kier molecular flexibility index (Phi) is 9.82. The molecule has 0 spiro atoms. The number of aliphatic hydroxyl groups is 1. The summed E-state index contributed by atoms with van der Waals surface area (Å²) in [6.45, 7) is 17.7. The van der Waals surface area contributed by atoms with Gasteiger partial charge >= 0.3 is 0 Å². The van der Waals surface area contributed by atoms with Crippen molar-refractivity contribution in [2.45, 2.75) is 78.1 Å². The van der Waals surface area contributed by atoms with Crippen molar-refractivity contribution in [2.75, 3.05) is 6.61 Å². The van der Waals surface area contributed by atoms with Gasteiger partial charge in [0.05, 0.1) is 6.10 Å². The van der Waals surface area contributed by atoms with Crippen LogP contribution in [0.2, 0.25) is 16.6 Å². The van der Waals surface area contributed by atoms with Crippen molar-refractivity contribution in [1.82, 2.24) is 0 Å². The second-order valence-electron chi connectivity index (χ2n) is 8.98. The minimum Gasteiger partial charge on any atom is -0.415 e. The Balaban J connectivity index is 2.76. The summed E-state index contributed by atoms with van der Waals surface area (Å²) in [5, 5.41) is 10.5. The predicted octanol–water partition coefficient (Wildman–Crippen LogP) is 6.09. The summed E-state index contributed by atoms with van der Waals surface area (Å²) in [5.74, 6) is -0.617. The fraction of sp³-hybridized carbons (Fsp3) is 0.625. The molecule has 0 aliphatic carbocycles. The number of aliphatic hydroxyl groups excluding tert-OH is 1. The van der Waals surface area contributed by atoms with Crippen molar-refractivity contribution in [3.8, 4) is 0 Å². The van der Waals surface area contributed by atoms with Crippen LogP contribution in [0.25, 0.3) is 6.08 Å². The molecule has 1 rings (SSSR count). The molecule has 1 N–H and O–H groups in total. The Morgan fingerprint density at radius 3 is 1.93 bits per heavy atom. The van der Waals surface area contributed by atoms with Crippen LogP contribution in [-0.2, 0) is 9.22 Å². The van der Waals surface area contributed by atoms with Crippen LogP contribution in [0.3, 0.4) is 0 Å². The highest BCUT2D eigenvalue weighted by Gasteiger charge is 2.45. The summed E-state index contributed by atoms with van der Waals surface area (Å²) in [7, 11) is -1.99. The third-order valence-corrected chi connectivity index (χ3v) is 12.1. The van der Waals surface area contributed by atoms with Crippen molar-refractivity contribution in [2.24, 2.45) is 11.8 Å². The molecule has 0 fully saturated rings. The third kappa shape index (κ3) is 6.13. The van der Waals surface area contributed by atoms with E-state index in [4.69, 9.17) is 4.43 Å². The lowest BCUT2D eigenvalue weighted by Crippen LogP contribution is -2.49. The minimum atomic E-state index is -1.99. The topological polar surface area (TPSA) is 46.5 Å². The van der Waals surface area contributed by atoms with Gasteiger partial charge in [-0.05, 0) is 22.2 Å². The summed E-state index contributed by atoms with van der Waals surface area (Å²) in [4.78, 5) is 12.9. The Bertz CT molecular complexity index is 600. The Labute approximate surface area is 173 Å². The van der Waals surface area contributed by atoms with Gasteiger partial charge < -0.3 is 9.53 Å². The van der Waals surface area contributed by atoms with Crippen LogP contribution in [0.1, 0.15) is 61.0 Å². The smallest absolute Gasteiger partial charge is 0.200 e. The molecule has 0 heterocycles. The lowest BCUT2D eigenvalue weighted by Gasteiger charge is -2.42. The van der Waals surface area contributed by atoms with E-state index in [0.717, 1.165) is 5.56 Å². The monoisotopic (exact) mass is 404 g/mol. The van der Waals surface area contributed by atoms with E-state index in [1.807, 2.05) is 43.3 Å². The fourth-order valence-corrected chi connectivity index (χ4v) is 9.95. The summed E-state index contributed by atoms with van der Waals surface area (Å²) < 4.78 is 6.57. The quantitative estimate of drug-likeness (QED) is 0.454. The molecule has 0 unspecified atom stereocenters. The van der Waals surface area contributed by atoms with Crippen molar-refractivity contribution < 1.29 is 14.3 Å². The molecule has 4 heteroatoms. The highest BCUT2D eigenvalue weighted by molar-refractivity contribution is 6.77. The molecule has 3 nitrogen and oxygen atoms in total. The van der Waals surface area contributed by atoms with Crippen LogP contribution < -0.4 is 0 Å². The second-order valence-corrected chi connectivity index (χ2v) is 14.4. The van der Waals surface area contributed by atoms with Crippen LogP contribution in [0.15, 0.2) is 36.4 Å². The van der Waals surface area contributed by atoms with Gasteiger partial charge in [-0.2, -0.15) is 0 Å². The molecule has 28 heavy (non-hydrogen) atoms. The zero-order chi connectivity index (χ0) is 21.5. The van der Waals surface area contributed by atoms with Crippen molar-refractivity contribution in [1.29, 1.82) is 0 Å². The molecule has 0 saturated heterocycles. The van der Waals surface area contributed by atoms with E-state index in [1.165, 1.54) is 0 Å². The van der Waals surface area contributed by atoms with E-state index >= 15 is 0 Å². The highest BCUT2D eigenvalue weighted by atomic mass is 28.4. The van der Waals surface area contributed by atoms with Crippen molar-refractivity contribution >= 4 is 20.2 Å². The van der Waals surface area contributed by atoms with Gasteiger partial charge in [0.25, 0.3) is 0 Å². The average molecular weight is 405 g/mol. The zero-order valence-electron chi connectivity index (χ0n) is 19.0. The Morgan fingerprint density at radius 2 is 1.46 bits per heavy atom. The molecule has 0 aliphatic rings. The molecule has 3 atom stereocenters. The maximum Gasteiger partial charge on any atom is 0.200 e. The van der Waals surface area contributed by atoms with Gasteiger partial charge in [-0.1, -0.05) is 97.9 Å². The van der Waals surface area contributed by atoms with Crippen molar-refractivity contribution in [3.63, 3.8) is 0 Å². The van der Waals surface area contributed by atoms with E-state index in [2.05, 4.69) is 41.5 Å². The van der Waals surface area contributed by atoms with Gasteiger partial charge in [0.2, 0.25) is 0 Å². The molecule has 0 radical (unpaired) electrons. The van der Waals surface area contributed by atoms with E-state index in [-0.39, 0.29) is 11.7 Å². The maximum atomic E-state index is 12.9. The first kappa shape index (κ1) is 24.8. The van der Waals surface area contributed by atoms with Crippen LogP contribution in [0.5, 0.6) is 0 Å². The van der Waals surface area contributed by atoms with E-state index in [1.54, 1.807) is 13.0 Å². The molecule has 0 bridgehead atoms. The SMILES string of the molecule is CC(C)[Si](OC[C@H](C)C(=O)[C@@H](C)[C@@H](O)/C=C/c1ccccc1)(C(C)C)C(C)C. The molecule has 1 aromatic rings. The Morgan fingerprint density at radius 1 is 0.964 bits per heavy atom. The molecule has 158 valence electrons. The second kappa shape index (κ2) is 11.1. The van der Waals surface area contributed by atoms with Gasteiger partial charge in [0.15, 0.2) is 8.32 Å². The number of carbonyl (C=O) groups excluding carboxylic acids is 1. The van der Waals surface area contributed by atoms with Gasteiger partial charge in [0, 0.05) is 18.4 Å². The number of hydrogen-bond donors (Lipinski definition) is 1. The first-order valence-corrected chi connectivity index (χ1v) is 12.8. The van der Waals surface area contributed by atoms with Gasteiger partial charge in [-0.3, -0.25) is 4.79 Å². The molecular formula is C24H40O3Si. The highest BCUT2D eigenvalue weighted by Crippen LogP contribution is 2.42. The molecule has 0 aromatic heterocycles. The molecule has 0 amide bonds. The average Bonchev–Trinajstić information content (AvgIpc) is 2.65. The third-order valence-electron chi connectivity index (χ3n) is 6.02. The van der Waals surface area contributed by atoms with Gasteiger partial charge in [-0.15, -0.1) is 0 Å². The van der Waals surface area contributed by atoms with Crippen molar-refractivity contribution in [3.05, 3.63) is 42.0 Å². The number of rotatable bonds is 11. The Hall–Kier alpha value is -1.23. The van der Waals surface area contributed by atoms with Crippen LogP contribution in [-0.4, -0.2) is 31.9 Å². The lowest BCUT2D eigenvalue weighted by molar-refractivity contribution is -0.129. The maximum absolute atomic E-state index is 12.9. The molecule has 0 saturated carbocycles. The first-order chi connectivity index (χ1) is 13.0. The van der Waals surface area contributed by atoms with Crippen LogP contribution in [0, 0.1) is 11.8 Å². The van der Waals surface area contributed by atoms with Gasteiger partial charge in [-0.25, -0.2) is 0 Å². The lowest BCUT2D eigenvalue weighted by atomic mass is 9.91. The molecular weight excluding hydrogens is 364 g/mol. The summed E-state index contributed by atoms with van der Waals surface area (Å²) in [5.41, 5.74) is 2.49. The standard InChI is InChI=1S/C24H40O3Si/c1-17(2)28(18(3)4,19(5)6)27-16-20(7)24(26)21(8)23(25)15-14-22-12-10-9-11-13-22/h9-15,17-21,23,25H,16H2,1-8H3/b15-14+/t20-,21-,23-/m0/s1. The van der Waals surface area contributed by atoms with Crippen LogP contribution >= 0.6 is 0 Å². The zero-order valence-corrected chi connectivity index (χ0v) is 20.0. The number of ketones is 1. The molecule has 1 aromatic carbocycles.